The number of nitrogens with one attached hydrogen (secondary N) is 2. The molecule has 1 aromatic heterocycles. The molecule has 0 saturated carbocycles. The third kappa shape index (κ3) is 4.64. The zero-order valence-corrected chi connectivity index (χ0v) is 16.8. The molecule has 0 atom stereocenters. The van der Waals surface area contributed by atoms with Gasteiger partial charge in [0.1, 0.15) is 5.82 Å². The number of aromatic amines is 1. The number of carbonyl (C=O) groups excluding carboxylic acids is 1. The van der Waals surface area contributed by atoms with Crippen LogP contribution in [0.5, 0.6) is 0 Å². The molecule has 1 saturated heterocycles. The van der Waals surface area contributed by atoms with Gasteiger partial charge in [-0.3, -0.25) is 10.00 Å². The van der Waals surface area contributed by atoms with Crippen molar-refractivity contribution in [1.82, 2.24) is 25.0 Å². The lowest BCUT2D eigenvalue weighted by atomic mass is 10.1. The van der Waals surface area contributed by atoms with Crippen molar-refractivity contribution in [3.63, 3.8) is 0 Å². The number of rotatable bonds is 4. The second-order valence-corrected chi connectivity index (χ2v) is 7.33. The highest BCUT2D eigenvalue weighted by molar-refractivity contribution is 5.90. The molecular weight excluding hydrogens is 378 g/mol. The summed E-state index contributed by atoms with van der Waals surface area (Å²) in [5, 5.41) is 18.9. The van der Waals surface area contributed by atoms with E-state index in [4.69, 9.17) is 5.26 Å². The number of aryl methyl sites for hydroxylation is 1. The minimum atomic E-state index is -0.101. The molecule has 30 heavy (non-hydrogen) atoms. The molecule has 2 N–H and O–H groups in total. The molecule has 2 aromatic carbocycles. The molecule has 0 bridgehead atoms. The van der Waals surface area contributed by atoms with E-state index in [1.165, 1.54) is 5.56 Å². The fraction of sp³-hybridized carbons (Fsp3) is 0.273. The van der Waals surface area contributed by atoms with Gasteiger partial charge in [-0.05, 0) is 36.8 Å². The van der Waals surface area contributed by atoms with Crippen molar-refractivity contribution in [1.29, 1.82) is 5.26 Å². The van der Waals surface area contributed by atoms with Crippen molar-refractivity contribution in [2.24, 2.45) is 0 Å². The molecule has 0 unspecified atom stereocenters. The predicted molar refractivity (Wildman–Crippen MR) is 114 cm³/mol. The van der Waals surface area contributed by atoms with E-state index in [-0.39, 0.29) is 6.03 Å². The first-order valence-corrected chi connectivity index (χ1v) is 9.87. The lowest BCUT2D eigenvalue weighted by Crippen LogP contribution is -2.49. The SMILES string of the molecule is Cc1nc(-c2cccc(NC(=O)N3CCN(Cc4ccc(C#N)cc4)CC3)c2)n[nH]1. The van der Waals surface area contributed by atoms with Crippen LogP contribution in [0.3, 0.4) is 0 Å². The maximum absolute atomic E-state index is 12.7. The van der Waals surface area contributed by atoms with Gasteiger partial charge in [0.05, 0.1) is 11.6 Å². The average Bonchev–Trinajstić information content (AvgIpc) is 3.21. The largest absolute Gasteiger partial charge is 0.322 e. The minimum absolute atomic E-state index is 0.101. The van der Waals surface area contributed by atoms with Crippen LogP contribution in [0.2, 0.25) is 0 Å². The van der Waals surface area contributed by atoms with Gasteiger partial charge in [0.2, 0.25) is 0 Å². The number of benzene rings is 2. The zero-order valence-electron chi connectivity index (χ0n) is 16.8. The molecular formula is C22H23N7O. The van der Waals surface area contributed by atoms with Crippen LogP contribution < -0.4 is 5.32 Å². The van der Waals surface area contributed by atoms with E-state index < -0.39 is 0 Å². The van der Waals surface area contributed by atoms with Crippen LogP contribution in [0.25, 0.3) is 11.4 Å². The summed E-state index contributed by atoms with van der Waals surface area (Å²) in [5.41, 5.74) is 3.41. The van der Waals surface area contributed by atoms with Crippen LogP contribution in [0.1, 0.15) is 17.0 Å². The standard InChI is InChI=1S/C22H23N7O/c1-16-24-21(27-26-16)19-3-2-4-20(13-19)25-22(30)29-11-9-28(10-12-29)15-18-7-5-17(14-23)6-8-18/h2-8,13H,9-12,15H2,1H3,(H,25,30)(H,24,26,27). The summed E-state index contributed by atoms with van der Waals surface area (Å²) < 4.78 is 0. The van der Waals surface area contributed by atoms with E-state index in [1.807, 2.05) is 60.4 Å². The number of nitrogens with zero attached hydrogens (tertiary/aromatic N) is 5. The fourth-order valence-corrected chi connectivity index (χ4v) is 3.46. The van der Waals surface area contributed by atoms with Gasteiger partial charge in [-0.25, -0.2) is 9.78 Å². The lowest BCUT2D eigenvalue weighted by Gasteiger charge is -2.34. The van der Waals surface area contributed by atoms with Gasteiger partial charge in [-0.2, -0.15) is 10.4 Å². The van der Waals surface area contributed by atoms with Gasteiger partial charge < -0.3 is 10.2 Å². The number of piperazine rings is 1. The van der Waals surface area contributed by atoms with Gasteiger partial charge in [-0.1, -0.05) is 24.3 Å². The average molecular weight is 401 g/mol. The zero-order chi connectivity index (χ0) is 20.9. The summed E-state index contributed by atoms with van der Waals surface area (Å²) in [5.74, 6) is 1.36. The topological polar surface area (TPSA) is 101 Å². The molecule has 8 heteroatoms. The summed E-state index contributed by atoms with van der Waals surface area (Å²) in [4.78, 5) is 21.2. The van der Waals surface area contributed by atoms with E-state index in [9.17, 15) is 4.79 Å². The van der Waals surface area contributed by atoms with E-state index in [0.29, 0.717) is 24.5 Å². The Bertz CT molecular complexity index is 1060. The Kier molecular flexibility index (Phi) is 5.72. The van der Waals surface area contributed by atoms with Crippen LogP contribution in [-0.4, -0.2) is 57.2 Å². The molecule has 4 rings (SSSR count). The Balaban J connectivity index is 1.31. The van der Waals surface area contributed by atoms with Gasteiger partial charge in [0, 0.05) is 44.0 Å². The van der Waals surface area contributed by atoms with Gasteiger partial charge in [-0.15, -0.1) is 0 Å². The highest BCUT2D eigenvalue weighted by atomic mass is 16.2. The second kappa shape index (κ2) is 8.76. The monoisotopic (exact) mass is 401 g/mol. The second-order valence-electron chi connectivity index (χ2n) is 7.33. The highest BCUT2D eigenvalue weighted by Crippen LogP contribution is 2.20. The number of H-pyrrole nitrogens is 1. The van der Waals surface area contributed by atoms with Crippen molar-refractivity contribution < 1.29 is 4.79 Å². The maximum atomic E-state index is 12.7. The molecule has 0 radical (unpaired) electrons. The number of hydrogen-bond acceptors (Lipinski definition) is 5. The quantitative estimate of drug-likeness (QED) is 0.700. The Morgan fingerprint density at radius 3 is 2.60 bits per heavy atom. The summed E-state index contributed by atoms with van der Waals surface area (Å²) in [6.07, 6.45) is 0. The molecule has 0 aliphatic carbocycles. The number of amides is 2. The Hall–Kier alpha value is -3.70. The molecule has 1 fully saturated rings. The van der Waals surface area contributed by atoms with Crippen LogP contribution in [0, 0.1) is 18.3 Å². The molecule has 152 valence electrons. The Labute approximate surface area is 175 Å². The van der Waals surface area contributed by atoms with E-state index in [2.05, 4.69) is 31.5 Å². The van der Waals surface area contributed by atoms with Crippen molar-refractivity contribution in [3.8, 4) is 17.5 Å². The minimum Gasteiger partial charge on any atom is -0.322 e. The van der Waals surface area contributed by atoms with Crippen LogP contribution in [0.15, 0.2) is 48.5 Å². The highest BCUT2D eigenvalue weighted by Gasteiger charge is 2.21. The van der Waals surface area contributed by atoms with Crippen molar-refractivity contribution in [2.45, 2.75) is 13.5 Å². The Morgan fingerprint density at radius 1 is 1.17 bits per heavy atom. The molecule has 2 heterocycles. The Morgan fingerprint density at radius 2 is 1.93 bits per heavy atom. The van der Waals surface area contributed by atoms with Crippen molar-refractivity contribution >= 4 is 11.7 Å². The predicted octanol–water partition coefficient (Wildman–Crippen LogP) is 3.00. The summed E-state index contributed by atoms with van der Waals surface area (Å²) in [6, 6.07) is 17.2. The molecule has 1 aliphatic heterocycles. The molecule has 1 aliphatic rings. The number of urea groups is 1. The summed E-state index contributed by atoms with van der Waals surface area (Å²) in [7, 11) is 0. The normalized spacial score (nSPS) is 14.3. The van der Waals surface area contributed by atoms with Gasteiger partial charge >= 0.3 is 6.03 Å². The number of hydrogen-bond donors (Lipinski definition) is 2. The molecule has 0 spiro atoms. The summed E-state index contributed by atoms with van der Waals surface area (Å²) in [6.45, 7) is 5.63. The first kappa shape index (κ1) is 19.6. The van der Waals surface area contributed by atoms with Gasteiger partial charge in [0.25, 0.3) is 0 Å². The van der Waals surface area contributed by atoms with Gasteiger partial charge in [0.15, 0.2) is 5.82 Å². The van der Waals surface area contributed by atoms with Crippen LogP contribution >= 0.6 is 0 Å². The van der Waals surface area contributed by atoms with Crippen molar-refractivity contribution in [3.05, 3.63) is 65.5 Å². The maximum Gasteiger partial charge on any atom is 0.321 e. The molecule has 8 nitrogen and oxygen atoms in total. The number of aromatic nitrogens is 3. The van der Waals surface area contributed by atoms with E-state index in [0.717, 1.165) is 36.7 Å². The molecule has 3 aromatic rings. The third-order valence-corrected chi connectivity index (χ3v) is 5.12. The lowest BCUT2D eigenvalue weighted by molar-refractivity contribution is 0.143. The van der Waals surface area contributed by atoms with Crippen LogP contribution in [0.4, 0.5) is 10.5 Å². The van der Waals surface area contributed by atoms with Crippen molar-refractivity contribution in [2.75, 3.05) is 31.5 Å². The number of anilines is 1. The summed E-state index contributed by atoms with van der Waals surface area (Å²) >= 11 is 0. The van der Waals surface area contributed by atoms with E-state index >= 15 is 0 Å². The number of carbonyl (C=O) groups is 1. The first-order chi connectivity index (χ1) is 14.6. The van der Waals surface area contributed by atoms with E-state index in [1.54, 1.807) is 0 Å². The number of nitriles is 1. The first-order valence-electron chi connectivity index (χ1n) is 9.87. The smallest absolute Gasteiger partial charge is 0.321 e. The van der Waals surface area contributed by atoms with Crippen LogP contribution in [-0.2, 0) is 6.54 Å². The third-order valence-electron chi connectivity index (χ3n) is 5.12. The molecule has 2 amide bonds. The fourth-order valence-electron chi connectivity index (χ4n) is 3.46.